The first-order valence-corrected chi connectivity index (χ1v) is 22.9. The number of nitriles is 1. The van der Waals surface area contributed by atoms with Gasteiger partial charge in [-0.15, -0.1) is 12.4 Å². The average Bonchev–Trinajstić information content (AvgIpc) is 3.45. The summed E-state index contributed by atoms with van der Waals surface area (Å²) in [7, 11) is 3.22. The lowest BCUT2D eigenvalue weighted by Crippen LogP contribution is -2.49. The van der Waals surface area contributed by atoms with Crippen LogP contribution in [0.4, 0.5) is 11.4 Å². The largest absolute Gasteiger partial charge is 0.486 e. The van der Waals surface area contributed by atoms with Crippen LogP contribution in [0.15, 0.2) is 143 Å². The van der Waals surface area contributed by atoms with Crippen LogP contribution in [0.3, 0.4) is 0 Å². The van der Waals surface area contributed by atoms with E-state index in [2.05, 4.69) is 69.3 Å². The van der Waals surface area contributed by atoms with Crippen molar-refractivity contribution in [1.29, 1.82) is 5.26 Å². The normalized spacial score (nSPS) is 21.9. The summed E-state index contributed by atoms with van der Waals surface area (Å²) in [6.07, 6.45) is 10.9. The SMILES string of the molecule is CNO.Cl.[C-]#[N+]c1cccc(-c2ccc3c(c2)C(=NC#N)CC2(CCCc4ccccc4C2)O3)c1.[C-]#[N+]c1cccc(-c2ccc3c(c2)C2(CC4(CCCc5ccccc5C4)O3)N=C(N)N(C)O2)c1. The van der Waals surface area contributed by atoms with Crippen molar-refractivity contribution in [3.05, 3.63) is 190 Å². The van der Waals surface area contributed by atoms with Crippen LogP contribution in [-0.4, -0.2) is 47.2 Å². The topological polar surface area (TPSA) is 146 Å². The summed E-state index contributed by atoms with van der Waals surface area (Å²) in [5.41, 5.74) is 19.3. The highest BCUT2D eigenvalue weighted by molar-refractivity contribution is 6.06. The molecule has 6 aromatic rings. The number of nitrogens with one attached hydrogen (secondary N) is 1. The molecule has 3 atom stereocenters. The zero-order chi connectivity index (χ0) is 47.3. The Hall–Kier alpha value is -7.50. The lowest BCUT2D eigenvalue weighted by atomic mass is 9.78. The average molecular weight is 938 g/mol. The number of aryl methyl sites for hydroxylation is 2. The molecule has 0 bridgehead atoms. The summed E-state index contributed by atoms with van der Waals surface area (Å²) in [5.74, 6) is 1.92. The van der Waals surface area contributed by atoms with Crippen molar-refractivity contribution in [3.8, 4) is 39.9 Å². The predicted molar refractivity (Wildman–Crippen MR) is 271 cm³/mol. The number of rotatable bonds is 2. The van der Waals surface area contributed by atoms with Crippen LogP contribution in [0, 0.1) is 24.6 Å². The van der Waals surface area contributed by atoms with Gasteiger partial charge in [-0.05, 0) is 119 Å². The fourth-order valence-electron chi connectivity index (χ4n) is 10.5. The van der Waals surface area contributed by atoms with Crippen molar-refractivity contribution in [1.82, 2.24) is 10.5 Å². The van der Waals surface area contributed by atoms with Gasteiger partial charge in [-0.1, -0.05) is 97.1 Å². The Bertz CT molecular complexity index is 3080. The number of halogens is 1. The van der Waals surface area contributed by atoms with Crippen LogP contribution in [0.1, 0.15) is 71.9 Å². The minimum absolute atomic E-state index is 0. The highest BCUT2D eigenvalue weighted by Gasteiger charge is 2.55. The van der Waals surface area contributed by atoms with Crippen LogP contribution < -0.4 is 20.7 Å². The summed E-state index contributed by atoms with van der Waals surface area (Å²) in [6.45, 7) is 14.6. The number of hydroxylamine groups is 3. The fraction of sp³-hybridized carbons (Fsp3) is 0.268. The quantitative estimate of drug-likeness (QED) is 0.0884. The maximum absolute atomic E-state index is 9.39. The van der Waals surface area contributed by atoms with E-state index in [0.717, 1.165) is 102 Å². The molecule has 2 aliphatic carbocycles. The second kappa shape index (κ2) is 20.4. The number of hydrogen-bond donors (Lipinski definition) is 3. The van der Waals surface area contributed by atoms with E-state index in [4.69, 9.17) is 43.4 Å². The van der Waals surface area contributed by atoms with E-state index in [1.807, 2.05) is 79.0 Å². The second-order valence-corrected chi connectivity index (χ2v) is 18.0. The van der Waals surface area contributed by atoms with Crippen LogP contribution in [-0.2, 0) is 36.2 Å². The fourth-order valence-corrected chi connectivity index (χ4v) is 10.5. The van der Waals surface area contributed by atoms with Gasteiger partial charge in [-0.2, -0.15) is 10.3 Å². The summed E-state index contributed by atoms with van der Waals surface area (Å²) >= 11 is 0. The molecule has 0 aromatic heterocycles. The number of nitrogens with zero attached hydrogens (tertiary/aromatic N) is 6. The lowest BCUT2D eigenvalue weighted by Gasteiger charge is -2.45. The molecular formula is C56H53ClN8O4. The summed E-state index contributed by atoms with van der Waals surface area (Å²) in [5, 5.41) is 18.3. The Balaban J connectivity index is 0.000000174. The monoisotopic (exact) mass is 936 g/mol. The standard InChI is InChI=1S/C28H26N4O2.C27H21N3O.CH5NO.ClH/c1-30-23-11-5-9-20(15-23)21-12-13-25-24(16-21)28(31-26(29)32(2)34-28)18-27(33-25)14-6-10-19-7-3-4-8-22(19)17-27;1-29-23-10-4-8-20(14-23)21-11-12-26-24(15-21)25(30-18-28)17-27(31-26)13-5-9-19-6-2-3-7-22(19)16-27;1-2-3;/h3-5,7-9,11-13,15-16H,6,10,14,17-18H2,2H3,(H2,29,31);2-4,6-8,10-12,14-15H,5,9,13,16-17H2;2-3H,1H3;1H. The number of aliphatic imine (C=N–C) groups is 2. The minimum Gasteiger partial charge on any atom is -0.486 e. The zero-order valence-corrected chi connectivity index (χ0v) is 39.4. The first-order chi connectivity index (χ1) is 33.1. The van der Waals surface area contributed by atoms with Gasteiger partial charge in [-0.3, -0.25) is 0 Å². The van der Waals surface area contributed by atoms with Crippen LogP contribution in [0.25, 0.3) is 31.9 Å². The molecule has 3 heterocycles. The highest BCUT2D eigenvalue weighted by Crippen LogP contribution is 2.53. The molecule has 4 N–H and O–H groups in total. The Morgan fingerprint density at radius 3 is 1.80 bits per heavy atom. The first kappa shape index (κ1) is 48.0. The Kier molecular flexibility index (Phi) is 14.2. The number of ether oxygens (including phenoxy) is 2. The van der Waals surface area contributed by atoms with E-state index in [0.29, 0.717) is 30.2 Å². The highest BCUT2D eigenvalue weighted by atomic mass is 35.5. The van der Waals surface area contributed by atoms with Gasteiger partial charge in [0, 0.05) is 45.3 Å². The maximum Gasteiger partial charge on any atom is 0.222 e. The molecule has 13 heteroatoms. The van der Waals surface area contributed by atoms with Crippen LogP contribution >= 0.6 is 12.4 Å². The molecule has 3 spiro atoms. The first-order valence-electron chi connectivity index (χ1n) is 22.9. The van der Waals surface area contributed by atoms with Crippen molar-refractivity contribution in [2.24, 2.45) is 15.7 Å². The Morgan fingerprint density at radius 2 is 1.23 bits per heavy atom. The minimum atomic E-state index is -0.945. The van der Waals surface area contributed by atoms with Gasteiger partial charge in [0.15, 0.2) is 11.4 Å². The van der Waals surface area contributed by atoms with Gasteiger partial charge in [0.1, 0.15) is 22.7 Å². The van der Waals surface area contributed by atoms with Crippen molar-refractivity contribution in [2.45, 2.75) is 81.1 Å². The van der Waals surface area contributed by atoms with E-state index < -0.39 is 11.3 Å². The van der Waals surface area contributed by atoms with Gasteiger partial charge >= 0.3 is 0 Å². The second-order valence-electron chi connectivity index (χ2n) is 18.0. The molecule has 0 radical (unpaired) electrons. The zero-order valence-electron chi connectivity index (χ0n) is 38.6. The molecular weight excluding hydrogens is 884 g/mol. The smallest absolute Gasteiger partial charge is 0.222 e. The van der Waals surface area contributed by atoms with Crippen LogP contribution in [0.2, 0.25) is 0 Å². The number of benzene rings is 6. The summed E-state index contributed by atoms with van der Waals surface area (Å²) < 4.78 is 13.5. The molecule has 6 aromatic carbocycles. The van der Waals surface area contributed by atoms with E-state index in [1.165, 1.54) is 29.3 Å². The molecule has 12 nitrogen and oxygen atoms in total. The number of fused-ring (bicyclic) bond motifs is 5. The third kappa shape index (κ3) is 9.92. The molecule has 0 fully saturated rings. The lowest BCUT2D eigenvalue weighted by molar-refractivity contribution is -0.204. The van der Waals surface area contributed by atoms with Gasteiger partial charge in [0.05, 0.1) is 24.4 Å². The molecule has 348 valence electrons. The molecule has 3 aliphatic heterocycles. The van der Waals surface area contributed by atoms with Crippen molar-refractivity contribution < 1.29 is 19.5 Å². The summed E-state index contributed by atoms with van der Waals surface area (Å²) in [6, 6.07) is 44.6. The number of nitrogens with two attached hydrogens (primary N) is 1. The molecule has 0 amide bonds. The van der Waals surface area contributed by atoms with E-state index in [1.54, 1.807) is 23.7 Å². The van der Waals surface area contributed by atoms with Crippen LogP contribution in [0.5, 0.6) is 11.5 Å². The third-order valence-electron chi connectivity index (χ3n) is 13.5. The Morgan fingerprint density at radius 1 is 0.710 bits per heavy atom. The molecule has 0 saturated heterocycles. The third-order valence-corrected chi connectivity index (χ3v) is 13.5. The van der Waals surface area contributed by atoms with E-state index in [9.17, 15) is 5.26 Å². The van der Waals surface area contributed by atoms with Crippen molar-refractivity contribution in [3.63, 3.8) is 0 Å². The van der Waals surface area contributed by atoms with Gasteiger partial charge in [0.2, 0.25) is 17.9 Å². The Labute approximate surface area is 409 Å². The van der Waals surface area contributed by atoms with Gasteiger partial charge < -0.3 is 20.4 Å². The predicted octanol–water partition coefficient (Wildman–Crippen LogP) is 11.6. The van der Waals surface area contributed by atoms with E-state index >= 15 is 0 Å². The molecule has 11 rings (SSSR count). The number of guanidine groups is 1. The molecule has 3 unspecified atom stereocenters. The van der Waals surface area contributed by atoms with Crippen molar-refractivity contribution >= 4 is 35.5 Å². The van der Waals surface area contributed by atoms with E-state index in [-0.39, 0.29) is 18.0 Å². The van der Waals surface area contributed by atoms with Crippen molar-refractivity contribution in [2.75, 3.05) is 14.1 Å². The molecule has 5 aliphatic rings. The molecule has 0 saturated carbocycles. The number of hydrogen-bond acceptors (Lipinski definition) is 10. The summed E-state index contributed by atoms with van der Waals surface area (Å²) in [4.78, 5) is 22.6. The van der Waals surface area contributed by atoms with Gasteiger partial charge in [-0.25, -0.2) is 30.1 Å². The van der Waals surface area contributed by atoms with Gasteiger partial charge in [0.25, 0.3) is 0 Å². The maximum atomic E-state index is 9.39. The molecule has 69 heavy (non-hydrogen) atoms.